The van der Waals surface area contributed by atoms with Gasteiger partial charge >= 0.3 is 16.1 Å². The van der Waals surface area contributed by atoms with Crippen LogP contribution in [-0.4, -0.2) is 31.9 Å². The number of nitrogens with one attached hydrogen (secondary N) is 1. The fourth-order valence-electron chi connectivity index (χ4n) is 2.60. The molecule has 0 bridgehead atoms. The molecule has 2 aromatic rings. The first-order valence-corrected chi connectivity index (χ1v) is 11.0. The second-order valence-corrected chi connectivity index (χ2v) is 8.45. The minimum Gasteiger partial charge on any atom is -0.379 e. The zero-order valence-electron chi connectivity index (χ0n) is 16.5. The van der Waals surface area contributed by atoms with Gasteiger partial charge in [0.25, 0.3) is 0 Å². The van der Waals surface area contributed by atoms with E-state index in [1.165, 1.54) is 12.1 Å². The summed E-state index contributed by atoms with van der Waals surface area (Å²) < 4.78 is 43.6. The van der Waals surface area contributed by atoms with Crippen molar-refractivity contribution in [1.82, 2.24) is 10.2 Å². The average molecular weight is 443 g/mol. The molecule has 0 spiro atoms. The van der Waals surface area contributed by atoms with Crippen molar-refractivity contribution >= 4 is 27.8 Å². The highest BCUT2D eigenvalue weighted by Gasteiger charge is 2.23. The summed E-state index contributed by atoms with van der Waals surface area (Å²) in [6.07, 6.45) is 0.710. The van der Waals surface area contributed by atoms with Gasteiger partial charge < -0.3 is 14.4 Å². The number of rotatable bonds is 8. The van der Waals surface area contributed by atoms with Gasteiger partial charge in [0.2, 0.25) is 0 Å². The van der Waals surface area contributed by atoms with E-state index < -0.39 is 15.9 Å². The van der Waals surface area contributed by atoms with Gasteiger partial charge in [-0.15, -0.1) is 0 Å². The maximum absolute atomic E-state index is 13.1. The average Bonchev–Trinajstić information content (AvgIpc) is 2.67. The molecule has 0 radical (unpaired) electrons. The maximum Gasteiger partial charge on any atom is 0.339 e. The fourth-order valence-corrected chi connectivity index (χ4v) is 3.76. The van der Waals surface area contributed by atoms with Gasteiger partial charge in [-0.3, -0.25) is 0 Å². The summed E-state index contributed by atoms with van der Waals surface area (Å²) in [5.41, 5.74) is 0.440. The number of halogens is 2. The van der Waals surface area contributed by atoms with Crippen LogP contribution in [0.25, 0.3) is 0 Å². The van der Waals surface area contributed by atoms with Gasteiger partial charge in [-0.25, -0.2) is 9.18 Å². The number of amides is 2. The molecule has 0 unspecified atom stereocenters. The van der Waals surface area contributed by atoms with E-state index in [0.29, 0.717) is 23.6 Å². The Hall–Kier alpha value is -2.32. The van der Waals surface area contributed by atoms with Crippen molar-refractivity contribution in [3.05, 3.63) is 58.9 Å². The molecule has 0 aromatic heterocycles. The van der Waals surface area contributed by atoms with Crippen LogP contribution in [0.3, 0.4) is 0 Å². The molecule has 2 rings (SSSR count). The van der Waals surface area contributed by atoms with Gasteiger partial charge in [-0.1, -0.05) is 18.5 Å². The molecule has 0 heterocycles. The smallest absolute Gasteiger partial charge is 0.339 e. The summed E-state index contributed by atoms with van der Waals surface area (Å²) in [6.45, 7) is 6.23. The van der Waals surface area contributed by atoms with Crippen LogP contribution in [0.2, 0.25) is 5.02 Å². The molecule has 6 nitrogen and oxygen atoms in total. The molecule has 0 saturated heterocycles. The lowest BCUT2D eigenvalue weighted by Gasteiger charge is -2.29. The van der Waals surface area contributed by atoms with Crippen LogP contribution in [0.4, 0.5) is 9.18 Å². The number of benzene rings is 2. The number of carbonyl (C=O) groups excluding carboxylic acids is 1. The Morgan fingerprint density at radius 2 is 1.86 bits per heavy atom. The predicted molar refractivity (Wildman–Crippen MR) is 110 cm³/mol. The standard InChI is InChI=1S/C20H24ClFN2O4S/c1-4-14(3)24(20(25)23-5-2)13-15-12-16(21)6-11-19(15)28-29(26,27)18-9-7-17(22)8-10-18/h6-12,14H,4-5,13H2,1-3H3,(H,23,25)/t14-/m1/s1. The first kappa shape index (κ1) is 23.0. The van der Waals surface area contributed by atoms with Crippen molar-refractivity contribution in [1.29, 1.82) is 0 Å². The van der Waals surface area contributed by atoms with Gasteiger partial charge in [0.1, 0.15) is 16.5 Å². The normalized spacial score (nSPS) is 12.3. The lowest BCUT2D eigenvalue weighted by molar-refractivity contribution is 0.173. The molecule has 1 N–H and O–H groups in total. The number of carbonyl (C=O) groups is 1. The van der Waals surface area contributed by atoms with Gasteiger partial charge in [0.05, 0.1) is 6.54 Å². The lowest BCUT2D eigenvalue weighted by Crippen LogP contribution is -2.44. The predicted octanol–water partition coefficient (Wildman–Crippen LogP) is 4.58. The molecule has 158 valence electrons. The third-order valence-corrected chi connectivity index (χ3v) is 5.86. The Balaban J connectivity index is 2.37. The largest absolute Gasteiger partial charge is 0.379 e. The summed E-state index contributed by atoms with van der Waals surface area (Å²) in [5.74, 6) is -0.501. The minimum atomic E-state index is -4.19. The topological polar surface area (TPSA) is 75.7 Å². The van der Waals surface area contributed by atoms with Crippen molar-refractivity contribution in [2.45, 2.75) is 44.7 Å². The van der Waals surface area contributed by atoms with Crippen LogP contribution in [0.1, 0.15) is 32.8 Å². The molecule has 0 aliphatic rings. The monoisotopic (exact) mass is 442 g/mol. The summed E-state index contributed by atoms with van der Waals surface area (Å²) in [5, 5.41) is 3.14. The summed E-state index contributed by atoms with van der Waals surface area (Å²) in [6, 6.07) is 8.46. The van der Waals surface area contributed by atoms with Crippen LogP contribution < -0.4 is 9.50 Å². The van der Waals surface area contributed by atoms with E-state index in [9.17, 15) is 17.6 Å². The zero-order valence-corrected chi connectivity index (χ0v) is 18.1. The van der Waals surface area contributed by atoms with Crippen molar-refractivity contribution in [3.63, 3.8) is 0 Å². The number of hydrogen-bond donors (Lipinski definition) is 1. The summed E-state index contributed by atoms with van der Waals surface area (Å²) in [4.78, 5) is 13.9. The molecule has 0 saturated carbocycles. The number of hydrogen-bond acceptors (Lipinski definition) is 4. The van der Waals surface area contributed by atoms with Gasteiger partial charge in [-0.05, 0) is 62.7 Å². The van der Waals surface area contributed by atoms with Gasteiger partial charge in [0.15, 0.2) is 0 Å². The van der Waals surface area contributed by atoms with Crippen LogP contribution in [0, 0.1) is 5.82 Å². The Kier molecular flexibility index (Phi) is 7.87. The second kappa shape index (κ2) is 9.93. The minimum absolute atomic E-state index is 0.0522. The zero-order chi connectivity index (χ0) is 21.6. The Bertz CT molecular complexity index is 951. The van der Waals surface area contributed by atoms with Crippen LogP contribution in [0.5, 0.6) is 5.75 Å². The molecule has 0 fully saturated rings. The van der Waals surface area contributed by atoms with E-state index in [1.807, 2.05) is 20.8 Å². The summed E-state index contributed by atoms with van der Waals surface area (Å²) in [7, 11) is -4.19. The van der Waals surface area contributed by atoms with E-state index in [0.717, 1.165) is 24.3 Å². The van der Waals surface area contributed by atoms with E-state index in [1.54, 1.807) is 11.0 Å². The lowest BCUT2D eigenvalue weighted by atomic mass is 10.1. The van der Waals surface area contributed by atoms with Gasteiger partial charge in [0, 0.05) is 23.2 Å². The molecule has 29 heavy (non-hydrogen) atoms. The Labute approximate surface area is 175 Å². The highest BCUT2D eigenvalue weighted by atomic mass is 35.5. The number of nitrogens with zero attached hydrogens (tertiary/aromatic N) is 1. The Morgan fingerprint density at radius 3 is 2.45 bits per heavy atom. The molecule has 0 aliphatic carbocycles. The van der Waals surface area contributed by atoms with E-state index in [4.69, 9.17) is 15.8 Å². The first-order chi connectivity index (χ1) is 13.7. The first-order valence-electron chi connectivity index (χ1n) is 9.20. The third-order valence-electron chi connectivity index (χ3n) is 4.38. The molecule has 9 heteroatoms. The molecular weight excluding hydrogens is 419 g/mol. The summed E-state index contributed by atoms with van der Waals surface area (Å²) >= 11 is 6.09. The van der Waals surface area contributed by atoms with Gasteiger partial charge in [-0.2, -0.15) is 8.42 Å². The SMILES string of the molecule is CCNC(=O)N(Cc1cc(Cl)ccc1OS(=O)(=O)c1ccc(F)cc1)[C@H](C)CC. The van der Waals surface area contributed by atoms with Crippen LogP contribution in [-0.2, 0) is 16.7 Å². The highest BCUT2D eigenvalue weighted by Crippen LogP contribution is 2.28. The molecular formula is C20H24ClFN2O4S. The quantitative estimate of drug-likeness (QED) is 0.607. The van der Waals surface area contributed by atoms with Crippen molar-refractivity contribution < 1.29 is 21.8 Å². The highest BCUT2D eigenvalue weighted by molar-refractivity contribution is 7.87. The Morgan fingerprint density at radius 1 is 1.21 bits per heavy atom. The van der Waals surface area contributed by atoms with Crippen LogP contribution >= 0.6 is 11.6 Å². The third kappa shape index (κ3) is 6.08. The fraction of sp³-hybridized carbons (Fsp3) is 0.350. The number of urea groups is 1. The van der Waals surface area contributed by atoms with Crippen molar-refractivity contribution in [2.24, 2.45) is 0 Å². The maximum atomic E-state index is 13.1. The van der Waals surface area contributed by atoms with E-state index >= 15 is 0 Å². The second-order valence-electron chi connectivity index (χ2n) is 6.46. The molecule has 2 aromatic carbocycles. The van der Waals surface area contributed by atoms with Crippen molar-refractivity contribution in [2.75, 3.05) is 6.54 Å². The molecule has 2 amide bonds. The van der Waals surface area contributed by atoms with Crippen molar-refractivity contribution in [3.8, 4) is 5.75 Å². The van der Waals surface area contributed by atoms with E-state index in [2.05, 4.69) is 5.32 Å². The molecule has 0 aliphatic heterocycles. The molecule has 1 atom stereocenters. The van der Waals surface area contributed by atoms with E-state index in [-0.39, 0.29) is 29.3 Å². The van der Waals surface area contributed by atoms with Crippen LogP contribution in [0.15, 0.2) is 47.4 Å².